The fraction of sp³-hybridized carbons (Fsp3) is 0.143. The Balaban J connectivity index is 1.52. The van der Waals surface area contributed by atoms with Crippen molar-refractivity contribution in [1.82, 2.24) is 19.9 Å². The molecule has 1 aromatic carbocycles. The number of hydrazone groups is 1. The second kappa shape index (κ2) is 9.18. The van der Waals surface area contributed by atoms with Crippen molar-refractivity contribution in [3.63, 3.8) is 0 Å². The van der Waals surface area contributed by atoms with Crippen LogP contribution in [0.2, 0.25) is 0 Å². The number of rotatable bonds is 4. The number of aliphatic hydroxyl groups excluding tert-OH is 2. The summed E-state index contributed by atoms with van der Waals surface area (Å²) in [5, 5.41) is 43.3. The maximum absolute atomic E-state index is 13.6. The lowest BCUT2D eigenvalue weighted by atomic mass is 9.78. The van der Waals surface area contributed by atoms with Crippen molar-refractivity contribution >= 4 is 44.4 Å². The maximum Gasteiger partial charge on any atom is 0.260 e. The van der Waals surface area contributed by atoms with Gasteiger partial charge in [0.2, 0.25) is 16.3 Å². The molecule has 0 fully saturated rings. The first-order valence-electron chi connectivity index (χ1n) is 12.8. The standard InChI is InChI=1S/C28H17BrN6O9/c1-44-13-5-12(36)15-16(21(13)37)23(39)18-17(22(15)38)25(41)28(26(18)42)3-2-10-19(28)24(40)14-11(20(10)29)4-9(33-27(14)43)6-30-34-35-7-31-32-8-35/h4-8,34,40-42H,2-3H2,1H3,(H,33,43)/t28-/m0/s1. The van der Waals surface area contributed by atoms with E-state index < -0.39 is 76.6 Å². The Bertz CT molecular complexity index is 2630. The van der Waals surface area contributed by atoms with Gasteiger partial charge in [0.15, 0.2) is 11.2 Å². The number of aromatic nitrogens is 4. The second-order valence-electron chi connectivity index (χ2n) is 10.3. The third kappa shape index (κ3) is 3.30. The van der Waals surface area contributed by atoms with E-state index in [4.69, 9.17) is 4.74 Å². The monoisotopic (exact) mass is 660 g/mol. The highest BCUT2D eigenvalue weighted by atomic mass is 79.9. The van der Waals surface area contributed by atoms with Gasteiger partial charge in [-0.2, -0.15) is 5.10 Å². The number of halogens is 1. The van der Waals surface area contributed by atoms with Crippen molar-refractivity contribution in [2.24, 2.45) is 5.10 Å². The number of hydrogen-bond donors (Lipinski definition) is 5. The Morgan fingerprint density at radius 1 is 1.00 bits per heavy atom. The lowest BCUT2D eigenvalue weighted by molar-refractivity contribution is 0.362. The van der Waals surface area contributed by atoms with Gasteiger partial charge < -0.3 is 25.0 Å². The van der Waals surface area contributed by atoms with E-state index in [1.807, 2.05) is 0 Å². The minimum Gasteiger partial charge on any atom is -0.510 e. The highest BCUT2D eigenvalue weighted by Crippen LogP contribution is 2.56. The molecule has 4 aliphatic carbocycles. The summed E-state index contributed by atoms with van der Waals surface area (Å²) < 4.78 is 6.60. The van der Waals surface area contributed by atoms with Crippen molar-refractivity contribution in [2.75, 3.05) is 12.6 Å². The predicted octanol–water partition coefficient (Wildman–Crippen LogP) is -1.55. The number of benzene rings is 1. The molecule has 1 spiro atoms. The first-order valence-corrected chi connectivity index (χ1v) is 13.6. The van der Waals surface area contributed by atoms with Crippen molar-refractivity contribution in [3.05, 3.63) is 118 Å². The second-order valence-corrected chi connectivity index (χ2v) is 11.0. The Hall–Kier alpha value is -5.64. The van der Waals surface area contributed by atoms with E-state index in [0.717, 1.165) is 13.2 Å². The number of ether oxygens (including phenoxy) is 1. The van der Waals surface area contributed by atoms with E-state index >= 15 is 0 Å². The van der Waals surface area contributed by atoms with Gasteiger partial charge in [-0.05, 0) is 40.4 Å². The van der Waals surface area contributed by atoms with Crippen LogP contribution >= 0.6 is 15.9 Å². The summed E-state index contributed by atoms with van der Waals surface area (Å²) in [6.45, 7) is 0. The first-order chi connectivity index (χ1) is 21.0. The number of hydrogen-bond acceptors (Lipinski definition) is 13. The van der Waals surface area contributed by atoms with Gasteiger partial charge >= 0.3 is 0 Å². The molecule has 15 nitrogen and oxygen atoms in total. The molecule has 5 N–H and O–H groups in total. The summed E-state index contributed by atoms with van der Waals surface area (Å²) in [5.41, 5.74) is -3.88. The fourth-order valence-electron chi connectivity index (χ4n) is 6.30. The summed E-state index contributed by atoms with van der Waals surface area (Å²) >= 11 is 3.49. The summed E-state index contributed by atoms with van der Waals surface area (Å²) in [4.78, 5) is 68.9. The van der Waals surface area contributed by atoms with Gasteiger partial charge in [-0.1, -0.05) is 0 Å². The number of pyridine rings is 1. The van der Waals surface area contributed by atoms with E-state index in [1.165, 1.54) is 29.6 Å². The van der Waals surface area contributed by atoms with E-state index in [9.17, 15) is 39.3 Å². The normalized spacial score (nSPS) is 17.3. The van der Waals surface area contributed by atoms with Crippen LogP contribution in [0.25, 0.3) is 22.3 Å². The lowest BCUT2D eigenvalue weighted by Gasteiger charge is -2.27. The number of methoxy groups -OCH3 is 1. The van der Waals surface area contributed by atoms with Crippen LogP contribution < -0.4 is 48.0 Å². The highest BCUT2D eigenvalue weighted by molar-refractivity contribution is 9.10. The van der Waals surface area contributed by atoms with Crippen molar-refractivity contribution in [2.45, 2.75) is 18.3 Å². The van der Waals surface area contributed by atoms with Crippen molar-refractivity contribution in [1.29, 1.82) is 0 Å². The summed E-state index contributed by atoms with van der Waals surface area (Å²) in [6, 6.07) is 2.32. The number of aliphatic hydroxyl groups is 2. The zero-order valence-corrected chi connectivity index (χ0v) is 23.8. The van der Waals surface area contributed by atoms with E-state index in [-0.39, 0.29) is 34.9 Å². The van der Waals surface area contributed by atoms with Gasteiger partial charge in [0, 0.05) is 21.5 Å². The van der Waals surface area contributed by atoms with Gasteiger partial charge in [-0.25, -0.2) is 10.2 Å². The molecule has 0 bridgehead atoms. The van der Waals surface area contributed by atoms with Crippen LogP contribution in [0.4, 0.5) is 0 Å². The predicted molar refractivity (Wildman–Crippen MR) is 158 cm³/mol. The number of aromatic hydroxyl groups is 1. The third-order valence-electron chi connectivity index (χ3n) is 8.17. The number of H-pyrrole nitrogens is 1. The fourth-order valence-corrected chi connectivity index (χ4v) is 7.01. The molecule has 0 saturated carbocycles. The zero-order valence-electron chi connectivity index (χ0n) is 22.3. The molecule has 0 amide bonds. The van der Waals surface area contributed by atoms with Crippen LogP contribution in [0.5, 0.6) is 11.5 Å². The van der Waals surface area contributed by atoms with Crippen LogP contribution in [0, 0.1) is 10.4 Å². The first kappa shape index (κ1) is 27.2. The molecule has 0 radical (unpaired) electrons. The molecular weight excluding hydrogens is 644 g/mol. The number of phenols is 1. The van der Waals surface area contributed by atoms with E-state index in [2.05, 4.69) is 41.7 Å². The van der Waals surface area contributed by atoms with Crippen molar-refractivity contribution < 1.29 is 20.1 Å². The van der Waals surface area contributed by atoms with E-state index in [1.54, 1.807) is 0 Å². The minimum absolute atomic E-state index is 0.102. The summed E-state index contributed by atoms with van der Waals surface area (Å²) in [6.07, 6.45) is 4.02. The molecule has 0 aliphatic heterocycles. The molecule has 0 saturated heterocycles. The molecule has 7 rings (SSSR count). The van der Waals surface area contributed by atoms with Crippen LogP contribution in [0.15, 0.2) is 58.3 Å². The van der Waals surface area contributed by atoms with Gasteiger partial charge in [-0.3, -0.25) is 24.0 Å². The molecule has 4 aliphatic rings. The Morgan fingerprint density at radius 3 is 2.32 bits per heavy atom. The zero-order chi connectivity index (χ0) is 31.2. The third-order valence-corrected chi connectivity index (χ3v) is 9.08. The minimum atomic E-state index is -2.01. The molecule has 3 aromatic rings. The molecule has 220 valence electrons. The smallest absolute Gasteiger partial charge is 0.260 e. The van der Waals surface area contributed by atoms with Crippen molar-refractivity contribution in [3.8, 4) is 11.5 Å². The summed E-state index contributed by atoms with van der Waals surface area (Å²) in [7, 11) is 1.12. The molecule has 2 heterocycles. The molecule has 1 atom stereocenters. The van der Waals surface area contributed by atoms with Crippen LogP contribution in [0.3, 0.4) is 0 Å². The molecule has 0 unspecified atom stereocenters. The average Bonchev–Trinajstić information content (AvgIpc) is 3.71. The summed E-state index contributed by atoms with van der Waals surface area (Å²) in [5.74, 6) is -2.63. The molecule has 16 heteroatoms. The van der Waals surface area contributed by atoms with Crippen LogP contribution in [-0.2, 0) is 11.8 Å². The highest BCUT2D eigenvalue weighted by Gasteiger charge is 2.53. The Morgan fingerprint density at radius 2 is 1.66 bits per heavy atom. The topological polar surface area (TPSA) is 226 Å². The SMILES string of the molecule is COc1cc(=O)c2c(=O)c3c(c(=O)c=2c1=O)=C(O)[C@]1(CCc2c1c(O)c1c(=O)[nH]c(C=NNn4cnnc4)cc1c2Br)C=3O. The molecule has 2 aromatic heterocycles. The van der Waals surface area contributed by atoms with Gasteiger partial charge in [0.1, 0.15) is 35.3 Å². The average molecular weight is 661 g/mol. The number of phenolic OH excluding ortho intramolecular Hbond substituents is 1. The van der Waals surface area contributed by atoms with E-state index in [0.29, 0.717) is 10.0 Å². The molecular formula is C28H17BrN6O9. The largest absolute Gasteiger partial charge is 0.510 e. The van der Waals surface area contributed by atoms with Gasteiger partial charge in [0.05, 0.1) is 45.3 Å². The number of aromatic amines is 1. The van der Waals surface area contributed by atoms with Crippen LogP contribution in [-0.4, -0.2) is 48.5 Å². The molecule has 44 heavy (non-hydrogen) atoms. The lowest BCUT2D eigenvalue weighted by Crippen LogP contribution is -2.51. The maximum atomic E-state index is 13.6. The Kier molecular flexibility index (Phi) is 5.68. The Labute approximate surface area is 249 Å². The van der Waals surface area contributed by atoms with Crippen LogP contribution in [0.1, 0.15) is 23.2 Å². The van der Waals surface area contributed by atoms with Gasteiger partial charge in [0.25, 0.3) is 5.56 Å². The van der Waals surface area contributed by atoms with Gasteiger partial charge in [-0.15, -0.1) is 10.2 Å². The quantitative estimate of drug-likeness (QED) is 0.109. The number of nitrogens with one attached hydrogen (secondary N) is 2. The number of fused-ring (bicyclic) bond motifs is 4. The number of nitrogens with zero attached hydrogens (tertiary/aromatic N) is 4.